The van der Waals surface area contributed by atoms with E-state index >= 15 is 0 Å². The molecule has 2 rings (SSSR count). The van der Waals surface area contributed by atoms with E-state index in [0.29, 0.717) is 17.6 Å². The zero-order valence-corrected chi connectivity index (χ0v) is 10.4. The van der Waals surface area contributed by atoms with Crippen molar-refractivity contribution >= 4 is 12.6 Å². The minimum atomic E-state index is -0.0166. The van der Waals surface area contributed by atoms with E-state index in [0.717, 1.165) is 11.8 Å². The Kier molecular flexibility index (Phi) is 5.82. The molecule has 4 nitrogen and oxygen atoms in total. The van der Waals surface area contributed by atoms with Gasteiger partial charge in [-0.15, -0.1) is 0 Å². The van der Waals surface area contributed by atoms with E-state index in [1.54, 1.807) is 24.3 Å². The average molecular weight is 258 g/mol. The number of aldehydes is 2. The summed E-state index contributed by atoms with van der Waals surface area (Å²) in [6, 6.07) is 13.6. The third kappa shape index (κ3) is 4.63. The number of aromatic hydroxyl groups is 1. The summed E-state index contributed by atoms with van der Waals surface area (Å²) in [6.45, 7) is 0. The van der Waals surface area contributed by atoms with Crippen LogP contribution in [-0.4, -0.2) is 24.8 Å². The maximum Gasteiger partial charge on any atom is 0.160 e. The van der Waals surface area contributed by atoms with Crippen LogP contribution in [0.25, 0.3) is 0 Å². The first-order chi connectivity index (χ1) is 9.21. The number of hydrogen-bond acceptors (Lipinski definition) is 4. The van der Waals surface area contributed by atoms with Gasteiger partial charge in [-0.2, -0.15) is 0 Å². The molecule has 0 aliphatic carbocycles. The van der Waals surface area contributed by atoms with Crippen LogP contribution in [0.15, 0.2) is 48.5 Å². The smallest absolute Gasteiger partial charge is 0.160 e. The van der Waals surface area contributed by atoms with E-state index in [4.69, 9.17) is 9.84 Å². The lowest BCUT2D eigenvalue weighted by Gasteiger charge is -2.01. The van der Waals surface area contributed by atoms with E-state index in [9.17, 15) is 9.59 Å². The molecule has 0 saturated carbocycles. The number of methoxy groups -OCH3 is 1. The van der Waals surface area contributed by atoms with Crippen molar-refractivity contribution in [1.29, 1.82) is 0 Å². The quantitative estimate of drug-likeness (QED) is 0.860. The second-order valence-electron chi connectivity index (χ2n) is 3.58. The normalized spacial score (nSPS) is 8.89. The molecule has 0 bridgehead atoms. The largest absolute Gasteiger partial charge is 0.504 e. The molecule has 0 unspecified atom stereocenters. The molecular formula is C15H14O4. The molecule has 0 aliphatic rings. The third-order valence-corrected chi connectivity index (χ3v) is 2.27. The van der Waals surface area contributed by atoms with Crippen molar-refractivity contribution in [3.8, 4) is 11.5 Å². The van der Waals surface area contributed by atoms with Crippen LogP contribution < -0.4 is 4.74 Å². The lowest BCUT2D eigenvalue weighted by atomic mass is 10.2. The first-order valence-electron chi connectivity index (χ1n) is 5.53. The number of rotatable bonds is 3. The van der Waals surface area contributed by atoms with Crippen molar-refractivity contribution in [3.05, 3.63) is 59.7 Å². The summed E-state index contributed by atoms with van der Waals surface area (Å²) in [5, 5.41) is 9.14. The summed E-state index contributed by atoms with van der Waals surface area (Å²) in [4.78, 5) is 20.2. The van der Waals surface area contributed by atoms with E-state index in [1.807, 2.05) is 18.2 Å². The lowest BCUT2D eigenvalue weighted by molar-refractivity contribution is 0.111. The van der Waals surface area contributed by atoms with Gasteiger partial charge in [-0.25, -0.2) is 0 Å². The summed E-state index contributed by atoms with van der Waals surface area (Å²) in [6.07, 6.45) is 1.50. The summed E-state index contributed by atoms with van der Waals surface area (Å²) in [7, 11) is 1.45. The number of carbonyl (C=O) groups excluding carboxylic acids is 2. The van der Waals surface area contributed by atoms with Crippen molar-refractivity contribution in [1.82, 2.24) is 0 Å². The number of phenols is 1. The van der Waals surface area contributed by atoms with Crippen LogP contribution in [0.1, 0.15) is 20.7 Å². The van der Waals surface area contributed by atoms with Crippen molar-refractivity contribution in [2.75, 3.05) is 7.11 Å². The molecule has 0 spiro atoms. The van der Waals surface area contributed by atoms with Crippen molar-refractivity contribution in [2.45, 2.75) is 0 Å². The van der Waals surface area contributed by atoms with Gasteiger partial charge < -0.3 is 9.84 Å². The highest BCUT2D eigenvalue weighted by Crippen LogP contribution is 2.25. The Morgan fingerprint density at radius 3 is 2.00 bits per heavy atom. The Balaban J connectivity index is 0.000000200. The van der Waals surface area contributed by atoms with Gasteiger partial charge in [-0.1, -0.05) is 30.3 Å². The Morgan fingerprint density at radius 1 is 0.947 bits per heavy atom. The van der Waals surface area contributed by atoms with Crippen LogP contribution in [0.3, 0.4) is 0 Å². The molecule has 0 radical (unpaired) electrons. The molecule has 2 aromatic rings. The van der Waals surface area contributed by atoms with Gasteiger partial charge in [-0.3, -0.25) is 9.59 Å². The average Bonchev–Trinajstić information content (AvgIpc) is 2.48. The van der Waals surface area contributed by atoms with Crippen molar-refractivity contribution < 1.29 is 19.4 Å². The molecule has 0 atom stereocenters. The molecule has 1 N–H and O–H groups in total. The molecule has 0 aliphatic heterocycles. The van der Waals surface area contributed by atoms with Gasteiger partial charge in [0.2, 0.25) is 0 Å². The fourth-order valence-corrected chi connectivity index (χ4v) is 1.31. The van der Waals surface area contributed by atoms with Crippen LogP contribution in [-0.2, 0) is 0 Å². The zero-order chi connectivity index (χ0) is 14.1. The lowest BCUT2D eigenvalue weighted by Crippen LogP contribution is -1.85. The molecule has 4 heteroatoms. The van der Waals surface area contributed by atoms with E-state index < -0.39 is 0 Å². The molecule has 98 valence electrons. The number of carbonyl (C=O) groups is 2. The van der Waals surface area contributed by atoms with Crippen LogP contribution in [0.4, 0.5) is 0 Å². The molecule has 2 aromatic carbocycles. The van der Waals surface area contributed by atoms with E-state index in [-0.39, 0.29) is 5.75 Å². The fourth-order valence-electron chi connectivity index (χ4n) is 1.31. The van der Waals surface area contributed by atoms with Crippen molar-refractivity contribution in [3.63, 3.8) is 0 Å². The Labute approximate surface area is 111 Å². The fraction of sp³-hybridized carbons (Fsp3) is 0.0667. The van der Waals surface area contributed by atoms with Crippen molar-refractivity contribution in [2.24, 2.45) is 0 Å². The number of benzene rings is 2. The van der Waals surface area contributed by atoms with Gasteiger partial charge in [0, 0.05) is 11.1 Å². The summed E-state index contributed by atoms with van der Waals surface area (Å²) >= 11 is 0. The minimum Gasteiger partial charge on any atom is -0.504 e. The maximum absolute atomic E-state index is 10.2. The SMILES string of the molecule is COc1ccc(C=O)cc1O.O=Cc1ccccc1. The predicted molar refractivity (Wildman–Crippen MR) is 71.9 cm³/mol. The Morgan fingerprint density at radius 2 is 1.58 bits per heavy atom. The third-order valence-electron chi connectivity index (χ3n) is 2.27. The number of ether oxygens (including phenoxy) is 1. The second kappa shape index (κ2) is 7.66. The van der Waals surface area contributed by atoms with E-state index in [1.165, 1.54) is 13.2 Å². The van der Waals surface area contributed by atoms with Crippen LogP contribution in [0, 0.1) is 0 Å². The highest BCUT2D eigenvalue weighted by atomic mass is 16.5. The molecule has 19 heavy (non-hydrogen) atoms. The van der Waals surface area contributed by atoms with Crippen LogP contribution in [0.5, 0.6) is 11.5 Å². The first-order valence-corrected chi connectivity index (χ1v) is 5.53. The molecular weight excluding hydrogens is 244 g/mol. The Bertz CT molecular complexity index is 535. The molecule has 0 saturated heterocycles. The van der Waals surface area contributed by atoms with Crippen LogP contribution in [0.2, 0.25) is 0 Å². The molecule has 0 amide bonds. The summed E-state index contributed by atoms with van der Waals surface area (Å²) < 4.78 is 4.78. The summed E-state index contributed by atoms with van der Waals surface area (Å²) in [5.74, 6) is 0.354. The first kappa shape index (κ1) is 14.4. The predicted octanol–water partition coefficient (Wildman–Crippen LogP) is 2.71. The van der Waals surface area contributed by atoms with Crippen LogP contribution >= 0.6 is 0 Å². The van der Waals surface area contributed by atoms with Gasteiger partial charge in [0.25, 0.3) is 0 Å². The topological polar surface area (TPSA) is 63.6 Å². The van der Waals surface area contributed by atoms with Gasteiger partial charge in [0.1, 0.15) is 12.6 Å². The molecule has 0 aromatic heterocycles. The number of phenolic OH excluding ortho intramolecular Hbond substituents is 1. The van der Waals surface area contributed by atoms with Gasteiger partial charge >= 0.3 is 0 Å². The Hall–Kier alpha value is -2.62. The standard InChI is InChI=1S/C8H8O3.C7H6O/c1-11-8-3-2-6(5-9)4-7(8)10;8-6-7-4-2-1-3-5-7/h2-5,10H,1H3;1-6H. The molecule has 0 fully saturated rings. The second-order valence-corrected chi connectivity index (χ2v) is 3.58. The highest BCUT2D eigenvalue weighted by molar-refractivity contribution is 5.76. The minimum absolute atomic E-state index is 0.0166. The van der Waals surface area contributed by atoms with Gasteiger partial charge in [0.05, 0.1) is 7.11 Å². The van der Waals surface area contributed by atoms with Gasteiger partial charge in [-0.05, 0) is 18.2 Å². The maximum atomic E-state index is 10.2. The van der Waals surface area contributed by atoms with Gasteiger partial charge in [0.15, 0.2) is 11.5 Å². The molecule has 0 heterocycles. The highest BCUT2D eigenvalue weighted by Gasteiger charge is 2.00. The number of hydrogen-bond donors (Lipinski definition) is 1. The van der Waals surface area contributed by atoms with E-state index in [2.05, 4.69) is 0 Å². The zero-order valence-electron chi connectivity index (χ0n) is 10.4. The summed E-state index contributed by atoms with van der Waals surface area (Å²) in [5.41, 5.74) is 1.16. The monoisotopic (exact) mass is 258 g/mol.